The molecule has 0 bridgehead atoms. The molecule has 0 saturated heterocycles. The number of hydrogen-bond acceptors (Lipinski definition) is 0. The standard InChI is InChI=1S/C42H50Si2/c1-29-23-35(43(8,9)10)28-39(29)44(33-17-13-11-14-18-33,34-19-15-12-16-20-34)40-27-32(42(5,6)7)26-37-36-25-31(41(2,3)4)22-21-30(36)24-38(37)40/h11-23,25-28,39H,24H2,1-10H3. The Hall–Kier alpha value is -3.21. The molecule has 226 valence electrons. The quantitative estimate of drug-likeness (QED) is 0.137. The molecular formula is C42H50Si2. The van der Waals surface area contributed by atoms with Crippen molar-refractivity contribution in [3.05, 3.63) is 136 Å². The van der Waals surface area contributed by atoms with Crippen molar-refractivity contribution in [3.8, 4) is 11.1 Å². The van der Waals surface area contributed by atoms with E-state index >= 15 is 0 Å². The van der Waals surface area contributed by atoms with E-state index in [0.717, 1.165) is 6.42 Å². The minimum Gasteiger partial charge on any atom is -0.0798 e. The van der Waals surface area contributed by atoms with E-state index in [-0.39, 0.29) is 10.8 Å². The highest BCUT2D eigenvalue weighted by Crippen LogP contribution is 2.45. The number of rotatable bonds is 5. The summed E-state index contributed by atoms with van der Waals surface area (Å²) in [5.41, 5.74) is 10.8. The van der Waals surface area contributed by atoms with E-state index in [4.69, 9.17) is 0 Å². The van der Waals surface area contributed by atoms with Gasteiger partial charge in [0.1, 0.15) is 0 Å². The zero-order chi connectivity index (χ0) is 31.7. The molecule has 4 aromatic rings. The second-order valence-corrected chi connectivity index (χ2v) is 25.4. The van der Waals surface area contributed by atoms with Crippen LogP contribution in [0.15, 0.2) is 114 Å². The maximum Gasteiger partial charge on any atom is 0.159 e. The van der Waals surface area contributed by atoms with E-state index in [1.807, 2.05) is 0 Å². The van der Waals surface area contributed by atoms with Gasteiger partial charge in [0, 0.05) is 5.54 Å². The number of allylic oxidation sites excluding steroid dienone is 4. The molecule has 6 rings (SSSR count). The fourth-order valence-electron chi connectivity index (χ4n) is 7.56. The molecule has 2 aliphatic carbocycles. The number of benzene rings is 4. The lowest BCUT2D eigenvalue weighted by Crippen LogP contribution is -2.70. The van der Waals surface area contributed by atoms with Crippen molar-refractivity contribution in [1.82, 2.24) is 0 Å². The van der Waals surface area contributed by atoms with Gasteiger partial charge in [-0.15, -0.1) is 0 Å². The van der Waals surface area contributed by atoms with Crippen molar-refractivity contribution in [2.75, 3.05) is 0 Å². The van der Waals surface area contributed by atoms with Crippen LogP contribution in [0.4, 0.5) is 0 Å². The molecule has 0 radical (unpaired) electrons. The Labute approximate surface area is 269 Å². The Morgan fingerprint density at radius 3 is 1.68 bits per heavy atom. The van der Waals surface area contributed by atoms with Crippen LogP contribution < -0.4 is 15.6 Å². The zero-order valence-corrected chi connectivity index (χ0v) is 30.6. The first-order valence-corrected chi connectivity index (χ1v) is 22.0. The Bertz CT molecular complexity index is 1730. The first-order chi connectivity index (χ1) is 20.6. The minimum atomic E-state index is -2.65. The molecular weight excluding hydrogens is 561 g/mol. The third-order valence-corrected chi connectivity index (χ3v) is 17.6. The van der Waals surface area contributed by atoms with Crippen molar-refractivity contribution in [2.24, 2.45) is 0 Å². The molecule has 0 amide bonds. The Balaban J connectivity index is 1.77. The largest absolute Gasteiger partial charge is 0.159 e. The molecule has 0 nitrogen and oxygen atoms in total. The van der Waals surface area contributed by atoms with Crippen LogP contribution in [0.1, 0.15) is 70.7 Å². The van der Waals surface area contributed by atoms with Crippen molar-refractivity contribution in [2.45, 2.75) is 90.9 Å². The van der Waals surface area contributed by atoms with Gasteiger partial charge in [-0.05, 0) is 73.1 Å². The van der Waals surface area contributed by atoms with Crippen LogP contribution in [0.2, 0.25) is 25.2 Å². The van der Waals surface area contributed by atoms with E-state index in [1.165, 1.54) is 43.8 Å². The molecule has 0 heterocycles. The van der Waals surface area contributed by atoms with Gasteiger partial charge in [0.05, 0.1) is 8.07 Å². The summed E-state index contributed by atoms with van der Waals surface area (Å²) >= 11 is 0. The first-order valence-electron chi connectivity index (χ1n) is 16.4. The molecule has 0 spiro atoms. The number of fused-ring (bicyclic) bond motifs is 3. The Kier molecular flexibility index (Phi) is 7.49. The predicted octanol–water partition coefficient (Wildman–Crippen LogP) is 9.46. The molecule has 1 unspecified atom stereocenters. The van der Waals surface area contributed by atoms with Gasteiger partial charge in [-0.1, -0.05) is 175 Å². The summed E-state index contributed by atoms with van der Waals surface area (Å²) in [6.07, 6.45) is 6.30. The number of hydrogen-bond donors (Lipinski definition) is 0. The molecule has 0 aromatic heterocycles. The summed E-state index contributed by atoms with van der Waals surface area (Å²) in [7, 11) is -4.17. The second-order valence-electron chi connectivity index (χ2n) is 16.4. The lowest BCUT2D eigenvalue weighted by Gasteiger charge is -2.41. The van der Waals surface area contributed by atoms with E-state index in [0.29, 0.717) is 5.54 Å². The topological polar surface area (TPSA) is 0 Å². The van der Waals surface area contributed by atoms with Gasteiger partial charge in [-0.3, -0.25) is 0 Å². The van der Waals surface area contributed by atoms with E-state index < -0.39 is 16.1 Å². The second kappa shape index (κ2) is 10.7. The van der Waals surface area contributed by atoms with E-state index in [1.54, 1.807) is 15.9 Å². The summed E-state index contributed by atoms with van der Waals surface area (Å²) in [6.45, 7) is 24.1. The van der Waals surface area contributed by atoms with Crippen LogP contribution in [-0.2, 0) is 17.3 Å². The highest BCUT2D eigenvalue weighted by Gasteiger charge is 2.50. The third-order valence-electron chi connectivity index (χ3n) is 10.2. The summed E-state index contributed by atoms with van der Waals surface area (Å²) in [5.74, 6) is 0. The fraction of sp³-hybridized carbons (Fsp3) is 0.333. The highest BCUT2D eigenvalue weighted by atomic mass is 28.3. The van der Waals surface area contributed by atoms with Crippen molar-refractivity contribution >= 4 is 31.7 Å². The van der Waals surface area contributed by atoms with Crippen molar-refractivity contribution in [3.63, 3.8) is 0 Å². The average molecular weight is 611 g/mol. The molecule has 0 fully saturated rings. The van der Waals surface area contributed by atoms with Gasteiger partial charge in [0.2, 0.25) is 0 Å². The van der Waals surface area contributed by atoms with Gasteiger partial charge < -0.3 is 0 Å². The zero-order valence-electron chi connectivity index (χ0n) is 28.6. The molecule has 2 heteroatoms. The molecule has 1 atom stereocenters. The molecule has 0 aliphatic heterocycles. The minimum absolute atomic E-state index is 0.0293. The molecule has 2 aliphatic rings. The van der Waals surface area contributed by atoms with Crippen LogP contribution >= 0.6 is 0 Å². The summed E-state index contributed by atoms with van der Waals surface area (Å²) < 4.78 is 0. The average Bonchev–Trinajstić information content (AvgIpc) is 3.54. The van der Waals surface area contributed by atoms with Gasteiger partial charge >= 0.3 is 0 Å². The van der Waals surface area contributed by atoms with Crippen molar-refractivity contribution in [1.29, 1.82) is 0 Å². The molecule has 0 N–H and O–H groups in total. The van der Waals surface area contributed by atoms with Crippen LogP contribution in [-0.4, -0.2) is 16.1 Å². The maximum absolute atomic E-state index is 2.73. The highest BCUT2D eigenvalue weighted by molar-refractivity contribution is 7.13. The SMILES string of the molecule is CC1=CC([Si](C)(C)C)=CC1[Si](c1ccccc1)(c1ccccc1)c1cc(C(C)(C)C)cc2c1Cc1ccc(C(C)(C)C)cc1-2. The molecule has 44 heavy (non-hydrogen) atoms. The van der Waals surface area contributed by atoms with Crippen LogP contribution in [0, 0.1) is 0 Å². The summed E-state index contributed by atoms with van der Waals surface area (Å²) in [6, 6.07) is 35.8. The van der Waals surface area contributed by atoms with Crippen LogP contribution in [0.25, 0.3) is 11.1 Å². The molecule has 0 saturated carbocycles. The van der Waals surface area contributed by atoms with E-state index in [2.05, 4.69) is 171 Å². The van der Waals surface area contributed by atoms with E-state index in [9.17, 15) is 0 Å². The Morgan fingerprint density at radius 1 is 0.636 bits per heavy atom. The summed E-state index contributed by atoms with van der Waals surface area (Å²) in [5, 5.41) is 6.23. The van der Waals surface area contributed by atoms with Gasteiger partial charge in [-0.25, -0.2) is 0 Å². The lowest BCUT2D eigenvalue weighted by atomic mass is 9.83. The normalized spacial score (nSPS) is 16.8. The fourth-order valence-corrected chi connectivity index (χ4v) is 14.8. The lowest BCUT2D eigenvalue weighted by molar-refractivity contribution is 0.589. The van der Waals surface area contributed by atoms with Gasteiger partial charge in [0.25, 0.3) is 0 Å². The third kappa shape index (κ3) is 5.14. The molecule has 4 aromatic carbocycles. The summed E-state index contributed by atoms with van der Waals surface area (Å²) in [4.78, 5) is 0. The monoisotopic (exact) mass is 610 g/mol. The predicted molar refractivity (Wildman–Crippen MR) is 199 cm³/mol. The van der Waals surface area contributed by atoms with Crippen LogP contribution in [0.3, 0.4) is 0 Å². The smallest absolute Gasteiger partial charge is 0.0798 e. The van der Waals surface area contributed by atoms with Crippen molar-refractivity contribution < 1.29 is 0 Å². The maximum atomic E-state index is 2.73. The first kappa shape index (κ1) is 30.8. The Morgan fingerprint density at radius 2 is 1.18 bits per heavy atom. The van der Waals surface area contributed by atoms with Crippen LogP contribution in [0.5, 0.6) is 0 Å². The van der Waals surface area contributed by atoms with Gasteiger partial charge in [0.15, 0.2) is 8.07 Å². The van der Waals surface area contributed by atoms with Gasteiger partial charge in [-0.2, -0.15) is 0 Å².